The van der Waals surface area contributed by atoms with E-state index in [0.29, 0.717) is 12.3 Å². The smallest absolute Gasteiger partial charge is 0.224 e. The Hall–Kier alpha value is -1.42. The lowest BCUT2D eigenvalue weighted by atomic mass is 10.0. The number of nitrogens with two attached hydrogens (primary N) is 1. The Morgan fingerprint density at radius 1 is 1.59 bits per heavy atom. The molecule has 1 aromatic rings. The fourth-order valence-electron chi connectivity index (χ4n) is 2.40. The summed E-state index contributed by atoms with van der Waals surface area (Å²) in [6.45, 7) is 4.97. The van der Waals surface area contributed by atoms with Gasteiger partial charge in [0.05, 0.1) is 6.04 Å². The number of carbonyl (C=O) groups is 1. The van der Waals surface area contributed by atoms with Gasteiger partial charge in [-0.3, -0.25) is 9.78 Å². The molecule has 0 bridgehead atoms. The van der Waals surface area contributed by atoms with E-state index in [0.717, 1.165) is 12.1 Å². The molecule has 1 fully saturated rings. The van der Waals surface area contributed by atoms with E-state index in [-0.39, 0.29) is 18.0 Å². The number of aromatic nitrogens is 1. The third-order valence-corrected chi connectivity index (χ3v) is 3.06. The fourth-order valence-corrected chi connectivity index (χ4v) is 2.40. The Labute approximate surface area is 102 Å². The lowest BCUT2D eigenvalue weighted by Crippen LogP contribution is -2.35. The van der Waals surface area contributed by atoms with Gasteiger partial charge < -0.3 is 10.6 Å². The first-order valence-corrected chi connectivity index (χ1v) is 6.04. The first-order chi connectivity index (χ1) is 8.09. The Morgan fingerprint density at radius 2 is 2.35 bits per heavy atom. The highest BCUT2D eigenvalue weighted by molar-refractivity contribution is 5.80. The largest absolute Gasteiger partial charge is 0.334 e. The van der Waals surface area contributed by atoms with Gasteiger partial charge in [0.2, 0.25) is 5.91 Å². The first kappa shape index (κ1) is 12.0. The molecule has 1 aromatic heterocycles. The number of pyridine rings is 1. The van der Waals surface area contributed by atoms with Crippen molar-refractivity contribution in [2.45, 2.75) is 32.4 Å². The van der Waals surface area contributed by atoms with Gasteiger partial charge in [-0.05, 0) is 17.5 Å². The van der Waals surface area contributed by atoms with Crippen molar-refractivity contribution >= 4 is 5.91 Å². The summed E-state index contributed by atoms with van der Waals surface area (Å²) in [5.74, 6) is 0.600. The Balaban J connectivity index is 2.26. The molecule has 0 aromatic carbocycles. The van der Waals surface area contributed by atoms with Gasteiger partial charge in [0.25, 0.3) is 0 Å². The van der Waals surface area contributed by atoms with Crippen LogP contribution in [0.15, 0.2) is 24.5 Å². The minimum Gasteiger partial charge on any atom is -0.334 e. The molecule has 2 atom stereocenters. The molecule has 0 aliphatic carbocycles. The van der Waals surface area contributed by atoms with Crippen LogP contribution < -0.4 is 5.73 Å². The summed E-state index contributed by atoms with van der Waals surface area (Å²) < 4.78 is 0. The number of nitrogens with zero attached hydrogens (tertiary/aromatic N) is 2. The molecule has 2 rings (SSSR count). The topological polar surface area (TPSA) is 59.2 Å². The van der Waals surface area contributed by atoms with E-state index in [2.05, 4.69) is 18.8 Å². The van der Waals surface area contributed by atoms with Gasteiger partial charge in [-0.15, -0.1) is 0 Å². The molecule has 4 heteroatoms. The highest BCUT2D eigenvalue weighted by Gasteiger charge is 2.38. The number of rotatable bonds is 3. The van der Waals surface area contributed by atoms with Crippen LogP contribution in [-0.2, 0) is 4.79 Å². The molecule has 0 unspecified atom stereocenters. The van der Waals surface area contributed by atoms with Crippen molar-refractivity contribution in [1.29, 1.82) is 0 Å². The van der Waals surface area contributed by atoms with Crippen molar-refractivity contribution in [3.05, 3.63) is 30.1 Å². The molecule has 1 aliphatic rings. The molecular weight excluding hydrogens is 214 g/mol. The van der Waals surface area contributed by atoms with Crippen LogP contribution in [0.4, 0.5) is 0 Å². The molecule has 0 saturated carbocycles. The second-order valence-electron chi connectivity index (χ2n) is 5.04. The van der Waals surface area contributed by atoms with Crippen LogP contribution in [0.25, 0.3) is 0 Å². The molecule has 2 N–H and O–H groups in total. The van der Waals surface area contributed by atoms with Crippen LogP contribution in [-0.4, -0.2) is 28.4 Å². The lowest BCUT2D eigenvalue weighted by molar-refractivity contribution is -0.129. The summed E-state index contributed by atoms with van der Waals surface area (Å²) in [6, 6.07) is 3.74. The van der Waals surface area contributed by atoms with Crippen molar-refractivity contribution < 1.29 is 4.79 Å². The van der Waals surface area contributed by atoms with Gasteiger partial charge in [0, 0.05) is 31.4 Å². The maximum Gasteiger partial charge on any atom is 0.224 e. The molecule has 17 heavy (non-hydrogen) atoms. The van der Waals surface area contributed by atoms with Crippen LogP contribution >= 0.6 is 0 Å². The van der Waals surface area contributed by atoms with Crippen LogP contribution in [0.1, 0.15) is 31.9 Å². The van der Waals surface area contributed by atoms with Crippen LogP contribution in [0, 0.1) is 5.92 Å². The first-order valence-electron chi connectivity index (χ1n) is 6.04. The summed E-state index contributed by atoms with van der Waals surface area (Å²) in [4.78, 5) is 17.9. The third kappa shape index (κ3) is 2.47. The molecule has 2 heterocycles. The van der Waals surface area contributed by atoms with Gasteiger partial charge in [-0.25, -0.2) is 0 Å². The Bertz CT molecular complexity index is 391. The van der Waals surface area contributed by atoms with Crippen molar-refractivity contribution in [2.24, 2.45) is 11.7 Å². The van der Waals surface area contributed by atoms with Crippen LogP contribution in [0.2, 0.25) is 0 Å². The summed E-state index contributed by atoms with van der Waals surface area (Å²) in [6.07, 6.45) is 3.97. The number of amides is 1. The zero-order valence-electron chi connectivity index (χ0n) is 10.3. The predicted molar refractivity (Wildman–Crippen MR) is 66.1 cm³/mol. The highest BCUT2D eigenvalue weighted by Crippen LogP contribution is 2.32. The van der Waals surface area contributed by atoms with Crippen molar-refractivity contribution in [2.75, 3.05) is 6.54 Å². The summed E-state index contributed by atoms with van der Waals surface area (Å²) in [5.41, 5.74) is 7.11. The zero-order chi connectivity index (χ0) is 12.4. The molecule has 1 aliphatic heterocycles. The summed E-state index contributed by atoms with van der Waals surface area (Å²) in [5, 5.41) is 0. The van der Waals surface area contributed by atoms with E-state index in [1.54, 1.807) is 12.4 Å². The predicted octanol–water partition coefficient (Wildman–Crippen LogP) is 1.34. The standard InChI is InChI=1S/C13H19N3O/c1-9(2)8-16-12(17)6-11(14)13(16)10-4-3-5-15-7-10/h3-5,7,9,11,13H,6,8,14H2,1-2H3/t11-,13+/m1/s1. The second kappa shape index (κ2) is 4.84. The van der Waals surface area contributed by atoms with E-state index in [4.69, 9.17) is 5.73 Å². The number of likely N-dealkylation sites (tertiary alicyclic amines) is 1. The van der Waals surface area contributed by atoms with Gasteiger partial charge in [0.1, 0.15) is 0 Å². The van der Waals surface area contributed by atoms with E-state index in [9.17, 15) is 4.79 Å². The Kier molecular flexibility index (Phi) is 3.43. The second-order valence-corrected chi connectivity index (χ2v) is 5.04. The van der Waals surface area contributed by atoms with Crippen LogP contribution in [0.3, 0.4) is 0 Å². The van der Waals surface area contributed by atoms with Crippen molar-refractivity contribution in [3.8, 4) is 0 Å². The molecular formula is C13H19N3O. The normalized spacial score (nSPS) is 24.7. The maximum atomic E-state index is 11.9. The van der Waals surface area contributed by atoms with Gasteiger partial charge in [0.15, 0.2) is 0 Å². The average Bonchev–Trinajstić information content (AvgIpc) is 2.54. The molecule has 1 amide bonds. The maximum absolute atomic E-state index is 11.9. The van der Waals surface area contributed by atoms with E-state index >= 15 is 0 Å². The van der Waals surface area contributed by atoms with Crippen molar-refractivity contribution in [1.82, 2.24) is 9.88 Å². The molecule has 1 saturated heterocycles. The highest BCUT2D eigenvalue weighted by atomic mass is 16.2. The quantitative estimate of drug-likeness (QED) is 0.857. The lowest BCUT2D eigenvalue weighted by Gasteiger charge is -2.28. The summed E-state index contributed by atoms with van der Waals surface area (Å²) >= 11 is 0. The summed E-state index contributed by atoms with van der Waals surface area (Å²) in [7, 11) is 0. The average molecular weight is 233 g/mol. The number of hydrogen-bond acceptors (Lipinski definition) is 3. The third-order valence-electron chi connectivity index (χ3n) is 3.06. The van der Waals surface area contributed by atoms with Crippen molar-refractivity contribution in [3.63, 3.8) is 0 Å². The van der Waals surface area contributed by atoms with Gasteiger partial charge in [-0.1, -0.05) is 19.9 Å². The fraction of sp³-hybridized carbons (Fsp3) is 0.538. The molecule has 0 radical (unpaired) electrons. The molecule has 4 nitrogen and oxygen atoms in total. The zero-order valence-corrected chi connectivity index (χ0v) is 10.3. The number of hydrogen-bond donors (Lipinski definition) is 1. The van der Waals surface area contributed by atoms with E-state index < -0.39 is 0 Å². The monoisotopic (exact) mass is 233 g/mol. The van der Waals surface area contributed by atoms with Gasteiger partial charge in [-0.2, -0.15) is 0 Å². The van der Waals surface area contributed by atoms with Crippen LogP contribution in [0.5, 0.6) is 0 Å². The minimum atomic E-state index is -0.120. The van der Waals surface area contributed by atoms with E-state index in [1.165, 1.54) is 0 Å². The molecule has 92 valence electrons. The molecule has 0 spiro atoms. The Morgan fingerprint density at radius 3 is 2.94 bits per heavy atom. The SMILES string of the molecule is CC(C)CN1C(=O)C[C@@H](N)[C@@H]1c1cccnc1. The van der Waals surface area contributed by atoms with E-state index in [1.807, 2.05) is 17.0 Å². The minimum absolute atomic E-state index is 0.0152. The van der Waals surface area contributed by atoms with Gasteiger partial charge >= 0.3 is 0 Å². The number of carbonyl (C=O) groups excluding carboxylic acids is 1.